The molecule has 0 amide bonds. The van der Waals surface area contributed by atoms with E-state index >= 15 is 0 Å². The van der Waals surface area contributed by atoms with Crippen molar-refractivity contribution in [1.82, 2.24) is 24.5 Å². The maximum absolute atomic E-state index is 10.3. The van der Waals surface area contributed by atoms with Crippen LogP contribution in [0.4, 0.5) is 5.95 Å². The number of rotatable bonds is 6. The van der Waals surface area contributed by atoms with Crippen LogP contribution >= 0.6 is 0 Å². The van der Waals surface area contributed by atoms with Gasteiger partial charge in [-0.25, -0.2) is 4.98 Å². The fourth-order valence-corrected chi connectivity index (χ4v) is 3.80. The summed E-state index contributed by atoms with van der Waals surface area (Å²) in [6.45, 7) is -0.0121. The molecule has 1 aromatic carbocycles. The Balaban J connectivity index is 1.62. The number of aliphatic hydroxyl groups is 2. The lowest BCUT2D eigenvalue weighted by Crippen LogP contribution is -2.24. The maximum atomic E-state index is 10.3. The van der Waals surface area contributed by atoms with E-state index < -0.39 is 18.4 Å². The summed E-state index contributed by atoms with van der Waals surface area (Å²) in [6.07, 6.45) is 1.46. The first-order valence-corrected chi connectivity index (χ1v) is 10.2. The maximum Gasteiger partial charge on any atom is 0.247 e. The predicted molar refractivity (Wildman–Crippen MR) is 115 cm³/mol. The minimum Gasteiger partial charge on any atom is -0.471 e. The van der Waals surface area contributed by atoms with Crippen molar-refractivity contribution in [3.8, 4) is 17.3 Å². The molecule has 0 saturated carbocycles. The number of aromatic nitrogens is 5. The van der Waals surface area contributed by atoms with Gasteiger partial charge in [0.05, 0.1) is 12.7 Å². The van der Waals surface area contributed by atoms with Gasteiger partial charge in [0.25, 0.3) is 0 Å². The largest absolute Gasteiger partial charge is 0.471 e. The Kier molecular flexibility index (Phi) is 5.39. The monoisotopic (exact) mass is 434 g/mol. The van der Waals surface area contributed by atoms with Crippen LogP contribution in [0.2, 0.25) is 0 Å². The van der Waals surface area contributed by atoms with Crippen LogP contribution in [-0.4, -0.2) is 53.5 Å². The van der Waals surface area contributed by atoms with Crippen LogP contribution in [0.25, 0.3) is 22.6 Å². The number of nitrogens with zero attached hydrogens (tertiary/aromatic N) is 5. The van der Waals surface area contributed by atoms with Crippen LogP contribution in [0.15, 0.2) is 54.9 Å². The van der Waals surface area contributed by atoms with E-state index in [4.69, 9.17) is 20.2 Å². The van der Waals surface area contributed by atoms with Crippen molar-refractivity contribution < 1.29 is 19.7 Å². The minimum absolute atomic E-state index is 0.0247. The Morgan fingerprint density at radius 3 is 2.69 bits per heavy atom. The molecule has 164 valence electrons. The van der Waals surface area contributed by atoms with E-state index in [1.54, 1.807) is 23.0 Å². The Labute approximate surface area is 183 Å². The third kappa shape index (κ3) is 3.75. The first-order chi connectivity index (χ1) is 15.6. The van der Waals surface area contributed by atoms with Gasteiger partial charge in [-0.1, -0.05) is 30.3 Å². The van der Waals surface area contributed by atoms with Gasteiger partial charge < -0.3 is 25.4 Å². The van der Waals surface area contributed by atoms with Crippen molar-refractivity contribution in [1.29, 1.82) is 0 Å². The third-order valence-corrected chi connectivity index (χ3v) is 5.34. The van der Waals surface area contributed by atoms with Gasteiger partial charge in [0.2, 0.25) is 11.8 Å². The number of benzene rings is 1. The summed E-state index contributed by atoms with van der Waals surface area (Å²) in [5, 5.41) is 19.8. The number of fused-ring (bicyclic) bond motifs is 1. The van der Waals surface area contributed by atoms with E-state index in [0.29, 0.717) is 17.0 Å². The lowest BCUT2D eigenvalue weighted by Gasteiger charge is -2.17. The highest BCUT2D eigenvalue weighted by Gasteiger charge is 2.37. The lowest BCUT2D eigenvalue weighted by atomic mass is 10.2. The average molecular weight is 434 g/mol. The third-order valence-electron chi connectivity index (χ3n) is 5.34. The molecule has 0 bridgehead atoms. The van der Waals surface area contributed by atoms with E-state index in [9.17, 15) is 10.2 Å². The van der Waals surface area contributed by atoms with Gasteiger partial charge in [0.1, 0.15) is 24.8 Å². The molecule has 4 heterocycles. The normalized spacial score (nSPS) is 20.6. The molecule has 5 rings (SSSR count). The van der Waals surface area contributed by atoms with Crippen LogP contribution in [0.5, 0.6) is 5.88 Å². The van der Waals surface area contributed by atoms with Crippen molar-refractivity contribution in [2.75, 3.05) is 12.3 Å². The minimum atomic E-state index is -0.822. The summed E-state index contributed by atoms with van der Waals surface area (Å²) in [7, 11) is 0. The van der Waals surface area contributed by atoms with Gasteiger partial charge in [-0.3, -0.25) is 9.55 Å². The SMILES string of the molecule is Nc1nc(OCc2ccccc2)c2nc(-c3cccnc3)n(C3CC(O)C(CO)O3)c2n1. The van der Waals surface area contributed by atoms with Crippen LogP contribution in [0, 0.1) is 0 Å². The molecule has 3 aromatic heterocycles. The molecular formula is C22H22N6O4. The molecule has 4 N–H and O–H groups in total. The number of anilines is 1. The quantitative estimate of drug-likeness (QED) is 0.413. The van der Waals surface area contributed by atoms with Crippen molar-refractivity contribution >= 4 is 17.1 Å². The molecule has 32 heavy (non-hydrogen) atoms. The highest BCUT2D eigenvalue weighted by molar-refractivity contribution is 5.82. The van der Waals surface area contributed by atoms with E-state index in [2.05, 4.69) is 15.0 Å². The number of imidazole rings is 1. The number of ether oxygens (including phenoxy) is 2. The van der Waals surface area contributed by atoms with Gasteiger partial charge >= 0.3 is 0 Å². The summed E-state index contributed by atoms with van der Waals surface area (Å²) >= 11 is 0. The molecule has 10 nitrogen and oxygen atoms in total. The number of hydrogen-bond donors (Lipinski definition) is 3. The van der Waals surface area contributed by atoms with Gasteiger partial charge in [-0.2, -0.15) is 9.97 Å². The van der Waals surface area contributed by atoms with E-state index in [1.807, 2.05) is 36.4 Å². The Morgan fingerprint density at radius 2 is 1.97 bits per heavy atom. The second-order valence-electron chi connectivity index (χ2n) is 7.50. The van der Waals surface area contributed by atoms with Crippen molar-refractivity contribution in [2.24, 2.45) is 0 Å². The van der Waals surface area contributed by atoms with E-state index in [1.165, 1.54) is 0 Å². The molecule has 1 fully saturated rings. The standard InChI is InChI=1S/C22H22N6O4/c23-22-26-20-18(21(27-22)31-12-13-5-2-1-3-6-13)25-19(14-7-4-8-24-10-14)28(20)17-9-15(30)16(11-29)32-17/h1-8,10,15-17,29-30H,9,11-12H2,(H2,23,26,27). The number of nitrogen functional groups attached to an aromatic ring is 1. The lowest BCUT2D eigenvalue weighted by molar-refractivity contribution is -0.0426. The summed E-state index contributed by atoms with van der Waals surface area (Å²) in [5.74, 6) is 0.794. The van der Waals surface area contributed by atoms with Crippen LogP contribution in [0.3, 0.4) is 0 Å². The van der Waals surface area contributed by atoms with Crippen LogP contribution in [-0.2, 0) is 11.3 Å². The van der Waals surface area contributed by atoms with Gasteiger partial charge in [0, 0.05) is 24.4 Å². The summed E-state index contributed by atoms with van der Waals surface area (Å²) in [4.78, 5) is 17.6. The van der Waals surface area contributed by atoms with Gasteiger partial charge in [0.15, 0.2) is 11.2 Å². The highest BCUT2D eigenvalue weighted by Crippen LogP contribution is 2.37. The first kappa shape index (κ1) is 20.3. The number of nitrogens with two attached hydrogens (primary N) is 1. The molecule has 4 aromatic rings. The fraction of sp³-hybridized carbons (Fsp3) is 0.273. The van der Waals surface area contributed by atoms with Crippen molar-refractivity contribution in [3.63, 3.8) is 0 Å². The zero-order valence-electron chi connectivity index (χ0n) is 17.1. The molecule has 3 atom stereocenters. The van der Waals surface area contributed by atoms with E-state index in [0.717, 1.165) is 11.1 Å². The Hall–Kier alpha value is -3.60. The van der Waals surface area contributed by atoms with Gasteiger partial charge in [-0.15, -0.1) is 0 Å². The molecule has 1 aliphatic rings. The summed E-state index contributed by atoms with van der Waals surface area (Å²) < 4.78 is 13.6. The van der Waals surface area contributed by atoms with Crippen molar-refractivity contribution in [3.05, 3.63) is 60.4 Å². The predicted octanol–water partition coefficient (Wildman–Crippen LogP) is 1.69. The highest BCUT2D eigenvalue weighted by atomic mass is 16.5. The number of aliphatic hydroxyl groups excluding tert-OH is 2. The molecule has 10 heteroatoms. The van der Waals surface area contributed by atoms with Gasteiger partial charge in [-0.05, 0) is 17.7 Å². The molecule has 0 radical (unpaired) electrons. The molecule has 1 aliphatic heterocycles. The molecule has 0 aliphatic carbocycles. The zero-order valence-corrected chi connectivity index (χ0v) is 17.1. The Morgan fingerprint density at radius 1 is 1.12 bits per heavy atom. The average Bonchev–Trinajstić information content (AvgIpc) is 3.38. The summed E-state index contributed by atoms with van der Waals surface area (Å²) in [5.41, 5.74) is 8.53. The topological polar surface area (TPSA) is 141 Å². The second-order valence-corrected chi connectivity index (χ2v) is 7.50. The molecule has 3 unspecified atom stereocenters. The van der Waals surface area contributed by atoms with E-state index in [-0.39, 0.29) is 31.5 Å². The van der Waals surface area contributed by atoms with Crippen molar-refractivity contribution in [2.45, 2.75) is 31.5 Å². The molecule has 1 saturated heterocycles. The number of hydrogen-bond acceptors (Lipinski definition) is 9. The van der Waals surface area contributed by atoms with Crippen LogP contribution in [0.1, 0.15) is 18.2 Å². The zero-order chi connectivity index (χ0) is 22.1. The second kappa shape index (κ2) is 8.50. The first-order valence-electron chi connectivity index (χ1n) is 10.2. The Bertz CT molecular complexity index is 1220. The summed E-state index contributed by atoms with van der Waals surface area (Å²) in [6, 6.07) is 13.3. The van der Waals surface area contributed by atoms with Crippen LogP contribution < -0.4 is 10.5 Å². The number of pyridine rings is 1. The molecular weight excluding hydrogens is 412 g/mol. The fourth-order valence-electron chi connectivity index (χ4n) is 3.80. The molecule has 0 spiro atoms. The smallest absolute Gasteiger partial charge is 0.247 e.